The van der Waals surface area contributed by atoms with Crippen molar-refractivity contribution in [2.45, 2.75) is 19.5 Å². The molecule has 0 spiro atoms. The van der Waals surface area contributed by atoms with Crippen molar-refractivity contribution in [2.75, 3.05) is 4.90 Å². The van der Waals surface area contributed by atoms with Gasteiger partial charge in [-0.1, -0.05) is 35.3 Å². The summed E-state index contributed by atoms with van der Waals surface area (Å²) < 4.78 is 15.1. The van der Waals surface area contributed by atoms with Crippen molar-refractivity contribution in [3.8, 4) is 0 Å². The minimum absolute atomic E-state index is 0.00403. The van der Waals surface area contributed by atoms with Crippen LogP contribution in [0.1, 0.15) is 18.1 Å². The summed E-state index contributed by atoms with van der Waals surface area (Å²) in [6.07, 6.45) is 1.95. The van der Waals surface area contributed by atoms with Gasteiger partial charge in [0.2, 0.25) is 0 Å². The largest absolute Gasteiger partial charge is 0.398 e. The van der Waals surface area contributed by atoms with E-state index in [9.17, 15) is 4.39 Å². The number of rotatable bonds is 2. The fraction of sp³-hybridized carbons (Fsp3) is 0.176. The van der Waals surface area contributed by atoms with Crippen LogP contribution >= 0.6 is 39.1 Å². The highest BCUT2D eigenvalue weighted by Gasteiger charge is 2.26. The molecule has 120 valence electrons. The van der Waals surface area contributed by atoms with Crippen molar-refractivity contribution < 1.29 is 4.39 Å². The maximum absolute atomic E-state index is 14.2. The summed E-state index contributed by atoms with van der Waals surface area (Å²) in [5.74, 6) is -0.372. The second kappa shape index (κ2) is 6.34. The molecule has 0 radical (unpaired) electrons. The minimum Gasteiger partial charge on any atom is -0.398 e. The van der Waals surface area contributed by atoms with Crippen LogP contribution in [0.3, 0.4) is 0 Å². The molecule has 0 amide bonds. The fourth-order valence-electron chi connectivity index (χ4n) is 2.79. The molecule has 6 heteroatoms. The number of hydrogen-bond donors (Lipinski definition) is 1. The zero-order valence-electron chi connectivity index (χ0n) is 12.3. The fourth-order valence-corrected chi connectivity index (χ4v) is 3.77. The van der Waals surface area contributed by atoms with Crippen LogP contribution in [0, 0.1) is 5.82 Å². The molecule has 0 bridgehead atoms. The molecule has 0 fully saturated rings. The summed E-state index contributed by atoms with van der Waals surface area (Å²) in [5.41, 5.74) is 9.06. The third-order valence-electron chi connectivity index (χ3n) is 3.96. The van der Waals surface area contributed by atoms with Crippen LogP contribution in [-0.2, 0) is 6.54 Å². The molecule has 2 aromatic carbocycles. The molecule has 1 aliphatic rings. The maximum Gasteiger partial charge on any atom is 0.129 e. The SMILES string of the molecule is CC1C=C(N)c2cccc(Br)c2N1Cc1c(F)ccc(Cl)c1Cl. The quantitative estimate of drug-likeness (QED) is 0.646. The van der Waals surface area contributed by atoms with Crippen LogP contribution < -0.4 is 10.6 Å². The van der Waals surface area contributed by atoms with Gasteiger partial charge in [-0.25, -0.2) is 4.39 Å². The highest BCUT2D eigenvalue weighted by molar-refractivity contribution is 9.10. The normalized spacial score (nSPS) is 17.0. The molecule has 1 heterocycles. The van der Waals surface area contributed by atoms with Crippen LogP contribution in [0.2, 0.25) is 10.0 Å². The first-order chi connectivity index (χ1) is 10.9. The Balaban J connectivity index is 2.10. The third kappa shape index (κ3) is 2.95. The van der Waals surface area contributed by atoms with E-state index in [0.717, 1.165) is 15.7 Å². The lowest BCUT2D eigenvalue weighted by Gasteiger charge is -2.36. The summed E-state index contributed by atoms with van der Waals surface area (Å²) in [6, 6.07) is 8.60. The van der Waals surface area contributed by atoms with Crippen LogP contribution in [-0.4, -0.2) is 6.04 Å². The second-order valence-corrected chi connectivity index (χ2v) is 7.09. The highest BCUT2D eigenvalue weighted by atomic mass is 79.9. The lowest BCUT2D eigenvalue weighted by atomic mass is 10.00. The number of para-hydroxylation sites is 1. The van der Waals surface area contributed by atoms with Crippen molar-refractivity contribution in [1.82, 2.24) is 0 Å². The number of fused-ring (bicyclic) bond motifs is 1. The number of nitrogens with two attached hydrogens (primary N) is 1. The molecule has 2 nitrogen and oxygen atoms in total. The van der Waals surface area contributed by atoms with Crippen molar-refractivity contribution >= 4 is 50.5 Å². The van der Waals surface area contributed by atoms with E-state index in [1.807, 2.05) is 31.2 Å². The van der Waals surface area contributed by atoms with Gasteiger partial charge in [0.15, 0.2) is 0 Å². The van der Waals surface area contributed by atoms with Gasteiger partial charge >= 0.3 is 0 Å². The molecule has 2 aromatic rings. The van der Waals surface area contributed by atoms with Gasteiger partial charge in [-0.05, 0) is 47.1 Å². The van der Waals surface area contributed by atoms with E-state index >= 15 is 0 Å². The Bertz CT molecular complexity index is 807. The Hall–Kier alpha value is -1.23. The smallest absolute Gasteiger partial charge is 0.129 e. The van der Waals surface area contributed by atoms with Crippen LogP contribution in [0.4, 0.5) is 10.1 Å². The first-order valence-corrected chi connectivity index (χ1v) is 8.60. The predicted molar refractivity (Wildman–Crippen MR) is 98.4 cm³/mol. The van der Waals surface area contributed by atoms with E-state index in [4.69, 9.17) is 28.9 Å². The summed E-state index contributed by atoms with van der Waals surface area (Å²) in [6.45, 7) is 2.30. The molecule has 1 unspecified atom stereocenters. The molecular weight excluding hydrogens is 402 g/mol. The first-order valence-electron chi connectivity index (χ1n) is 7.05. The topological polar surface area (TPSA) is 29.3 Å². The Kier molecular flexibility index (Phi) is 4.59. The monoisotopic (exact) mass is 414 g/mol. The van der Waals surface area contributed by atoms with E-state index in [0.29, 0.717) is 22.8 Å². The lowest BCUT2D eigenvalue weighted by molar-refractivity contribution is 0.599. The Morgan fingerprint density at radius 1 is 1.26 bits per heavy atom. The molecule has 0 saturated carbocycles. The van der Waals surface area contributed by atoms with Gasteiger partial charge < -0.3 is 10.6 Å². The van der Waals surface area contributed by atoms with Crippen molar-refractivity contribution in [1.29, 1.82) is 0 Å². The summed E-state index contributed by atoms with van der Waals surface area (Å²) in [7, 11) is 0. The van der Waals surface area contributed by atoms with E-state index in [1.165, 1.54) is 12.1 Å². The van der Waals surface area contributed by atoms with Gasteiger partial charge in [0.25, 0.3) is 0 Å². The lowest BCUT2D eigenvalue weighted by Crippen LogP contribution is -2.36. The van der Waals surface area contributed by atoms with Gasteiger partial charge in [-0.15, -0.1) is 0 Å². The molecule has 0 aliphatic carbocycles. The number of anilines is 1. The number of benzene rings is 2. The zero-order valence-corrected chi connectivity index (χ0v) is 15.4. The molecule has 0 aromatic heterocycles. The van der Waals surface area contributed by atoms with Gasteiger partial charge in [0, 0.05) is 33.9 Å². The average Bonchev–Trinajstić information content (AvgIpc) is 2.51. The summed E-state index contributed by atoms with van der Waals surface area (Å²) in [4.78, 5) is 2.05. The average molecular weight is 416 g/mol. The Labute approximate surface area is 152 Å². The van der Waals surface area contributed by atoms with Crippen LogP contribution in [0.15, 0.2) is 40.9 Å². The molecule has 1 aliphatic heterocycles. The third-order valence-corrected chi connectivity index (χ3v) is 5.45. The molecule has 0 saturated heterocycles. The standard InChI is InChI=1S/C17H14BrCl2FN2/c1-9-7-15(22)10-3-2-4-12(18)17(10)23(9)8-11-14(21)6-5-13(19)16(11)20/h2-7,9H,8,22H2,1H3. The van der Waals surface area contributed by atoms with Crippen molar-refractivity contribution in [2.24, 2.45) is 5.73 Å². The van der Waals surface area contributed by atoms with Crippen LogP contribution in [0.25, 0.3) is 5.70 Å². The van der Waals surface area contributed by atoms with Crippen molar-refractivity contribution in [3.63, 3.8) is 0 Å². The van der Waals surface area contributed by atoms with Gasteiger partial charge in [0.1, 0.15) is 5.82 Å². The van der Waals surface area contributed by atoms with E-state index in [2.05, 4.69) is 20.8 Å². The van der Waals surface area contributed by atoms with Gasteiger partial charge in [-0.2, -0.15) is 0 Å². The summed E-state index contributed by atoms with van der Waals surface area (Å²) >= 11 is 15.8. The molecule has 1 atom stereocenters. The van der Waals surface area contributed by atoms with E-state index in [-0.39, 0.29) is 16.9 Å². The molecule has 2 N–H and O–H groups in total. The molecular formula is C17H14BrCl2FN2. The van der Waals surface area contributed by atoms with Gasteiger partial charge in [0.05, 0.1) is 15.7 Å². The summed E-state index contributed by atoms with van der Waals surface area (Å²) in [5, 5.41) is 0.588. The number of hydrogen-bond acceptors (Lipinski definition) is 2. The van der Waals surface area contributed by atoms with Crippen LogP contribution in [0.5, 0.6) is 0 Å². The van der Waals surface area contributed by atoms with E-state index in [1.54, 1.807) is 0 Å². The van der Waals surface area contributed by atoms with Gasteiger partial charge in [-0.3, -0.25) is 0 Å². The minimum atomic E-state index is -0.372. The first kappa shape index (κ1) is 16.6. The predicted octanol–water partition coefficient (Wildman–Crippen LogP) is 5.60. The van der Waals surface area contributed by atoms with Crippen molar-refractivity contribution in [3.05, 3.63) is 67.9 Å². The molecule has 3 rings (SSSR count). The number of halogens is 4. The number of nitrogens with zero attached hydrogens (tertiary/aromatic N) is 1. The second-order valence-electron chi connectivity index (χ2n) is 5.45. The Morgan fingerprint density at radius 3 is 2.74 bits per heavy atom. The molecule has 23 heavy (non-hydrogen) atoms. The maximum atomic E-state index is 14.2. The van der Waals surface area contributed by atoms with E-state index < -0.39 is 0 Å². The Morgan fingerprint density at radius 2 is 2.00 bits per heavy atom. The highest BCUT2D eigenvalue weighted by Crippen LogP contribution is 2.40. The zero-order chi connectivity index (χ0) is 16.7.